The molecule has 20 heavy (non-hydrogen) atoms. The van der Waals surface area contributed by atoms with Gasteiger partial charge in [0.05, 0.1) is 17.9 Å². The second-order valence-corrected chi connectivity index (χ2v) is 6.98. The average Bonchev–Trinajstić information content (AvgIpc) is 2.34. The molecule has 1 aromatic carbocycles. The van der Waals surface area contributed by atoms with Crippen molar-refractivity contribution < 1.29 is 18.3 Å². The van der Waals surface area contributed by atoms with Crippen LogP contribution in [0.15, 0.2) is 24.3 Å². The van der Waals surface area contributed by atoms with Gasteiger partial charge in [0.15, 0.2) is 0 Å². The number of aliphatic hydroxyl groups is 1. The Morgan fingerprint density at radius 1 is 1.40 bits per heavy atom. The third kappa shape index (κ3) is 3.84. The van der Waals surface area contributed by atoms with Crippen LogP contribution in [0.25, 0.3) is 0 Å². The summed E-state index contributed by atoms with van der Waals surface area (Å²) in [6, 6.07) is 6.83. The normalized spacial score (nSPS) is 17.4. The summed E-state index contributed by atoms with van der Waals surface area (Å²) in [6.07, 6.45) is 2.29. The molecule has 1 saturated carbocycles. The Morgan fingerprint density at radius 2 is 2.15 bits per heavy atom. The van der Waals surface area contributed by atoms with E-state index in [0.717, 1.165) is 6.42 Å². The number of hydrogen-bond donors (Lipinski definition) is 3. The molecule has 0 unspecified atom stereocenters. The van der Waals surface area contributed by atoms with E-state index >= 15 is 0 Å². The lowest BCUT2D eigenvalue weighted by Gasteiger charge is -2.40. The summed E-state index contributed by atoms with van der Waals surface area (Å²) < 4.78 is 31.8. The number of ether oxygens (including phenoxy) is 1. The first-order valence-electron chi connectivity index (χ1n) is 6.56. The van der Waals surface area contributed by atoms with Gasteiger partial charge in [-0.05, 0) is 31.4 Å². The van der Waals surface area contributed by atoms with E-state index in [4.69, 9.17) is 10.5 Å². The minimum atomic E-state index is -3.46. The number of sulfonamides is 1. The predicted octanol–water partition coefficient (Wildman–Crippen LogP) is 0.482. The number of nitrogens with one attached hydrogen (secondary N) is 1. The second-order valence-electron chi connectivity index (χ2n) is 5.13. The van der Waals surface area contributed by atoms with Crippen LogP contribution in [0, 0.1) is 0 Å². The van der Waals surface area contributed by atoms with E-state index in [2.05, 4.69) is 4.72 Å². The summed E-state index contributed by atoms with van der Waals surface area (Å²) in [7, 11) is -3.46. The number of rotatable bonds is 7. The maximum absolute atomic E-state index is 11.9. The molecule has 0 aromatic heterocycles. The highest BCUT2D eigenvalue weighted by Crippen LogP contribution is 2.31. The molecule has 0 heterocycles. The number of nitrogens with two attached hydrogens (primary N) is 1. The van der Waals surface area contributed by atoms with Crippen molar-refractivity contribution in [2.24, 2.45) is 0 Å². The quantitative estimate of drug-likeness (QED) is 0.636. The molecule has 1 aliphatic rings. The average molecular weight is 300 g/mol. The van der Waals surface area contributed by atoms with Gasteiger partial charge < -0.3 is 15.6 Å². The number of hydrogen-bond acceptors (Lipinski definition) is 5. The van der Waals surface area contributed by atoms with Crippen molar-refractivity contribution in [3.8, 4) is 5.75 Å². The number of nitrogen functional groups attached to an aromatic ring is 1. The van der Waals surface area contributed by atoms with Gasteiger partial charge in [0, 0.05) is 11.8 Å². The van der Waals surface area contributed by atoms with Gasteiger partial charge in [-0.25, -0.2) is 13.1 Å². The SMILES string of the molecule is Nc1cccc(OCCS(=O)(=O)NC2(CO)CCC2)c1. The summed E-state index contributed by atoms with van der Waals surface area (Å²) in [4.78, 5) is 0. The largest absolute Gasteiger partial charge is 0.492 e. The maximum Gasteiger partial charge on any atom is 0.215 e. The van der Waals surface area contributed by atoms with Gasteiger partial charge >= 0.3 is 0 Å². The van der Waals surface area contributed by atoms with Gasteiger partial charge in [0.2, 0.25) is 10.0 Å². The Bertz CT molecular complexity index is 550. The van der Waals surface area contributed by atoms with E-state index < -0.39 is 15.6 Å². The second kappa shape index (κ2) is 5.99. The van der Waals surface area contributed by atoms with E-state index in [9.17, 15) is 13.5 Å². The van der Waals surface area contributed by atoms with Crippen molar-refractivity contribution in [1.82, 2.24) is 4.72 Å². The van der Waals surface area contributed by atoms with Gasteiger partial charge in [-0.3, -0.25) is 0 Å². The predicted molar refractivity (Wildman–Crippen MR) is 76.9 cm³/mol. The summed E-state index contributed by atoms with van der Waals surface area (Å²) in [5.74, 6) is 0.393. The molecule has 0 amide bonds. The summed E-state index contributed by atoms with van der Waals surface area (Å²) in [5.41, 5.74) is 5.51. The van der Waals surface area contributed by atoms with Crippen molar-refractivity contribution >= 4 is 15.7 Å². The fourth-order valence-electron chi connectivity index (χ4n) is 2.15. The van der Waals surface area contributed by atoms with E-state index in [0.29, 0.717) is 24.3 Å². The van der Waals surface area contributed by atoms with Crippen LogP contribution in [0.1, 0.15) is 19.3 Å². The Hall–Kier alpha value is -1.31. The third-order valence-corrected chi connectivity index (χ3v) is 4.91. The fourth-order valence-corrected chi connectivity index (χ4v) is 3.48. The molecule has 4 N–H and O–H groups in total. The number of anilines is 1. The molecule has 112 valence electrons. The molecule has 0 aliphatic heterocycles. The fraction of sp³-hybridized carbons (Fsp3) is 0.538. The smallest absolute Gasteiger partial charge is 0.215 e. The first-order valence-corrected chi connectivity index (χ1v) is 8.21. The molecule has 0 bridgehead atoms. The zero-order valence-corrected chi connectivity index (χ0v) is 12.0. The highest BCUT2D eigenvalue weighted by molar-refractivity contribution is 7.89. The molecular weight excluding hydrogens is 280 g/mol. The zero-order chi connectivity index (χ0) is 14.6. The lowest BCUT2D eigenvalue weighted by Crippen LogP contribution is -2.56. The van der Waals surface area contributed by atoms with Crippen molar-refractivity contribution in [2.75, 3.05) is 24.7 Å². The van der Waals surface area contributed by atoms with Crippen LogP contribution in [-0.2, 0) is 10.0 Å². The number of aliphatic hydroxyl groups excluding tert-OH is 1. The van der Waals surface area contributed by atoms with Crippen molar-refractivity contribution in [3.05, 3.63) is 24.3 Å². The van der Waals surface area contributed by atoms with Crippen molar-refractivity contribution in [3.63, 3.8) is 0 Å². The molecular formula is C13H20N2O4S. The highest BCUT2D eigenvalue weighted by Gasteiger charge is 2.39. The van der Waals surface area contributed by atoms with Gasteiger partial charge in [-0.2, -0.15) is 0 Å². The van der Waals surface area contributed by atoms with Crippen LogP contribution in [0.2, 0.25) is 0 Å². The molecule has 6 nitrogen and oxygen atoms in total. The molecule has 1 fully saturated rings. The third-order valence-electron chi connectivity index (χ3n) is 3.46. The topological polar surface area (TPSA) is 102 Å². The van der Waals surface area contributed by atoms with Gasteiger partial charge in [-0.1, -0.05) is 6.07 Å². The van der Waals surface area contributed by atoms with Crippen molar-refractivity contribution in [1.29, 1.82) is 0 Å². The summed E-state index contributed by atoms with van der Waals surface area (Å²) in [5, 5.41) is 9.26. The van der Waals surface area contributed by atoms with Crippen LogP contribution in [-0.4, -0.2) is 38.0 Å². The van der Waals surface area contributed by atoms with Gasteiger partial charge in [-0.15, -0.1) is 0 Å². The zero-order valence-electron chi connectivity index (χ0n) is 11.2. The standard InChI is InChI=1S/C13H20N2O4S/c14-11-3-1-4-12(9-11)19-7-8-20(17,18)15-13(10-16)5-2-6-13/h1,3-4,9,15-16H,2,5-8,10,14H2. The first-order chi connectivity index (χ1) is 9.45. The monoisotopic (exact) mass is 300 g/mol. The molecule has 2 rings (SSSR count). The Morgan fingerprint density at radius 3 is 2.70 bits per heavy atom. The highest BCUT2D eigenvalue weighted by atomic mass is 32.2. The molecule has 0 spiro atoms. The Labute approximate surface area is 119 Å². The molecule has 0 atom stereocenters. The van der Waals surface area contributed by atoms with Gasteiger partial charge in [0.25, 0.3) is 0 Å². The number of benzene rings is 1. The van der Waals surface area contributed by atoms with E-state index in [1.54, 1.807) is 24.3 Å². The summed E-state index contributed by atoms with van der Waals surface area (Å²) >= 11 is 0. The van der Waals surface area contributed by atoms with Crippen LogP contribution in [0.4, 0.5) is 5.69 Å². The Kier molecular flexibility index (Phi) is 4.52. The van der Waals surface area contributed by atoms with Crippen LogP contribution < -0.4 is 15.2 Å². The molecule has 7 heteroatoms. The molecule has 0 saturated heterocycles. The van der Waals surface area contributed by atoms with Crippen LogP contribution >= 0.6 is 0 Å². The maximum atomic E-state index is 11.9. The Balaban J connectivity index is 1.83. The summed E-state index contributed by atoms with van der Waals surface area (Å²) in [6.45, 7) is -0.122. The van der Waals surface area contributed by atoms with E-state index in [-0.39, 0.29) is 19.0 Å². The van der Waals surface area contributed by atoms with Crippen LogP contribution in [0.3, 0.4) is 0 Å². The van der Waals surface area contributed by atoms with E-state index in [1.807, 2.05) is 0 Å². The minimum Gasteiger partial charge on any atom is -0.492 e. The minimum absolute atomic E-state index is 0.0420. The molecule has 0 radical (unpaired) electrons. The van der Waals surface area contributed by atoms with Crippen LogP contribution in [0.5, 0.6) is 5.75 Å². The lowest BCUT2D eigenvalue weighted by molar-refractivity contribution is 0.110. The lowest BCUT2D eigenvalue weighted by atomic mass is 9.78. The molecule has 1 aliphatic carbocycles. The van der Waals surface area contributed by atoms with Crippen molar-refractivity contribution in [2.45, 2.75) is 24.8 Å². The molecule has 1 aromatic rings. The van der Waals surface area contributed by atoms with Gasteiger partial charge in [0.1, 0.15) is 12.4 Å². The van der Waals surface area contributed by atoms with E-state index in [1.165, 1.54) is 0 Å². The first kappa shape index (κ1) is 15.1.